The maximum Gasteiger partial charge on any atom is 0.309 e. The summed E-state index contributed by atoms with van der Waals surface area (Å²) in [6.07, 6.45) is 17.3. The normalized spacial score (nSPS) is 22.5. The van der Waals surface area contributed by atoms with Crippen molar-refractivity contribution in [3.8, 4) is 28.6 Å². The minimum Gasteiger partial charge on any atom is -0.481 e. The molecular weight excluding hydrogens is 778 g/mol. The van der Waals surface area contributed by atoms with E-state index in [0.717, 1.165) is 74.1 Å². The van der Waals surface area contributed by atoms with Crippen molar-refractivity contribution in [2.75, 3.05) is 36.4 Å². The fraction of sp³-hybridized carbons (Fsp3) is 0.467. The number of aromatic nitrogens is 6. The summed E-state index contributed by atoms with van der Waals surface area (Å²) in [6.45, 7) is 5.01. The van der Waals surface area contributed by atoms with Gasteiger partial charge in [-0.15, -0.1) is 0 Å². The van der Waals surface area contributed by atoms with Crippen molar-refractivity contribution < 1.29 is 23.9 Å². The van der Waals surface area contributed by atoms with Gasteiger partial charge in [0.15, 0.2) is 0 Å². The van der Waals surface area contributed by atoms with Gasteiger partial charge < -0.3 is 20.2 Å². The molecule has 5 aromatic rings. The number of nitrogens with zero attached hydrogens (tertiary/aromatic N) is 9. The lowest BCUT2D eigenvalue weighted by Crippen LogP contribution is -2.47. The zero-order chi connectivity index (χ0) is 42.3. The second kappa shape index (κ2) is 16.7. The lowest BCUT2D eigenvalue weighted by Gasteiger charge is -2.41. The number of rotatable bonds is 10. The molecule has 3 aliphatic heterocycles. The summed E-state index contributed by atoms with van der Waals surface area (Å²) in [4.78, 5) is 50.1. The van der Waals surface area contributed by atoms with Crippen LogP contribution in [0.25, 0.3) is 28.0 Å². The maximum absolute atomic E-state index is 15.4. The van der Waals surface area contributed by atoms with Crippen molar-refractivity contribution in [1.29, 1.82) is 5.26 Å². The van der Waals surface area contributed by atoms with Gasteiger partial charge in [-0.25, -0.2) is 18.9 Å². The van der Waals surface area contributed by atoms with Crippen LogP contribution < -0.4 is 15.5 Å². The predicted molar refractivity (Wildman–Crippen MR) is 225 cm³/mol. The van der Waals surface area contributed by atoms with Gasteiger partial charge in [-0.3, -0.25) is 24.4 Å². The third-order valence-electron chi connectivity index (χ3n) is 13.8. The molecule has 316 valence electrons. The smallest absolute Gasteiger partial charge is 0.309 e. The number of likely N-dealkylation sites (tertiary alicyclic amines) is 1. The largest absolute Gasteiger partial charge is 0.481 e. The molecule has 2 amide bonds. The van der Waals surface area contributed by atoms with Gasteiger partial charge in [0.05, 0.1) is 41.4 Å². The molecule has 9 rings (SSSR count). The van der Waals surface area contributed by atoms with Crippen LogP contribution in [0, 0.1) is 22.6 Å². The Balaban J connectivity index is 0.820. The number of anilines is 2. The number of carboxylic acids is 1. The SMILES string of the molecule is CCC1(C(=O)O)CCN(c2ccc(-c3nc(-c4cnn(C5CCC(N6CCC(c7ccc(N[C@H]8CCC(=O)NC8=O)cc7F)CC6)CC5)c4)cn4ncc(C#N)c34)cn2)CC1. The van der Waals surface area contributed by atoms with E-state index in [1.807, 2.05) is 43.6 Å². The standard InChI is InChI=1S/C45H50FN11O4/c1-2-45(44(60)61)15-19-55(20-16-45)39-11-3-29(23-48-39)41-42-30(22-47)24-50-57(42)27-38(52-41)31-25-49-56(26-31)34-7-5-33(6-8-34)54-17-13-28(14-18-54)35-9-4-32(21-36(35)46)51-37-10-12-40(58)53-43(37)59/h3-4,9,11,21,23-28,33-34,37,51H,2,5-8,10,12-20H2,1H3,(H,60,61)(H,53,58,59)/t33?,34?,37-/m0/s1. The number of nitriles is 1. The molecule has 15 nitrogen and oxygen atoms in total. The summed E-state index contributed by atoms with van der Waals surface area (Å²) in [5.74, 6) is -0.725. The van der Waals surface area contributed by atoms with Crippen LogP contribution in [0.4, 0.5) is 15.9 Å². The zero-order valence-corrected chi connectivity index (χ0v) is 34.3. The van der Waals surface area contributed by atoms with Crippen LogP contribution in [-0.4, -0.2) is 95.4 Å². The summed E-state index contributed by atoms with van der Waals surface area (Å²) in [5.41, 5.74) is 4.47. The van der Waals surface area contributed by atoms with E-state index in [0.29, 0.717) is 73.0 Å². The van der Waals surface area contributed by atoms with Gasteiger partial charge in [0.1, 0.15) is 34.8 Å². The van der Waals surface area contributed by atoms with Gasteiger partial charge in [0, 0.05) is 54.8 Å². The Morgan fingerprint density at radius 2 is 1.72 bits per heavy atom. The number of nitrogens with one attached hydrogen (secondary N) is 2. The van der Waals surface area contributed by atoms with E-state index in [-0.39, 0.29) is 36.0 Å². The first-order chi connectivity index (χ1) is 29.6. The highest BCUT2D eigenvalue weighted by molar-refractivity contribution is 6.01. The number of carbonyl (C=O) groups excluding carboxylic acids is 2. The van der Waals surface area contributed by atoms with Crippen molar-refractivity contribution in [3.05, 3.63) is 78.3 Å². The number of hydrogen-bond acceptors (Lipinski definition) is 11. The molecule has 0 bridgehead atoms. The highest BCUT2D eigenvalue weighted by Crippen LogP contribution is 2.39. The molecular formula is C45H50FN11O4. The number of carbonyl (C=O) groups is 3. The first-order valence-corrected chi connectivity index (χ1v) is 21.5. The average Bonchev–Trinajstić information content (AvgIpc) is 3.96. The third-order valence-corrected chi connectivity index (χ3v) is 13.8. The van der Waals surface area contributed by atoms with Crippen molar-refractivity contribution in [2.24, 2.45) is 5.41 Å². The van der Waals surface area contributed by atoms with E-state index >= 15 is 4.39 Å². The fourth-order valence-corrected chi connectivity index (χ4v) is 9.95. The summed E-state index contributed by atoms with van der Waals surface area (Å²) < 4.78 is 19.1. The van der Waals surface area contributed by atoms with E-state index in [9.17, 15) is 24.8 Å². The summed E-state index contributed by atoms with van der Waals surface area (Å²) in [6, 6.07) is 11.5. The summed E-state index contributed by atoms with van der Waals surface area (Å²) in [7, 11) is 0. The quantitative estimate of drug-likeness (QED) is 0.133. The van der Waals surface area contributed by atoms with E-state index in [1.54, 1.807) is 16.9 Å². The van der Waals surface area contributed by atoms with Gasteiger partial charge in [-0.2, -0.15) is 15.5 Å². The van der Waals surface area contributed by atoms with Crippen LogP contribution >= 0.6 is 0 Å². The minimum absolute atomic E-state index is 0.139. The molecule has 61 heavy (non-hydrogen) atoms. The molecule has 1 atom stereocenters. The predicted octanol–water partition coefficient (Wildman–Crippen LogP) is 6.33. The van der Waals surface area contributed by atoms with Crippen LogP contribution in [0.15, 0.2) is 61.3 Å². The Labute approximate surface area is 353 Å². The highest BCUT2D eigenvalue weighted by atomic mass is 19.1. The van der Waals surface area contributed by atoms with Crippen molar-refractivity contribution in [1.82, 2.24) is 39.6 Å². The number of halogens is 1. The van der Waals surface area contributed by atoms with E-state index in [2.05, 4.69) is 42.5 Å². The third kappa shape index (κ3) is 7.94. The topological polar surface area (TPSA) is 187 Å². The molecule has 0 unspecified atom stereocenters. The maximum atomic E-state index is 15.4. The van der Waals surface area contributed by atoms with Crippen LogP contribution in [-0.2, 0) is 14.4 Å². The first-order valence-electron chi connectivity index (χ1n) is 21.5. The van der Waals surface area contributed by atoms with E-state index in [4.69, 9.17) is 15.1 Å². The van der Waals surface area contributed by atoms with Crippen LogP contribution in [0.5, 0.6) is 0 Å². The van der Waals surface area contributed by atoms with Crippen molar-refractivity contribution >= 4 is 34.8 Å². The number of carboxylic acid groups (broad SMARTS) is 1. The van der Waals surface area contributed by atoms with Crippen molar-refractivity contribution in [3.63, 3.8) is 0 Å². The van der Waals surface area contributed by atoms with Gasteiger partial charge in [-0.05, 0) is 113 Å². The average molecular weight is 828 g/mol. The van der Waals surface area contributed by atoms with Crippen LogP contribution in [0.1, 0.15) is 101 Å². The lowest BCUT2D eigenvalue weighted by atomic mass is 9.76. The molecule has 0 radical (unpaired) electrons. The molecule has 1 aromatic carbocycles. The number of imide groups is 1. The van der Waals surface area contributed by atoms with Gasteiger partial charge in [0.25, 0.3) is 0 Å². The van der Waals surface area contributed by atoms with E-state index < -0.39 is 17.4 Å². The number of fused-ring (bicyclic) bond motifs is 1. The number of aliphatic carboxylic acids is 1. The number of pyridine rings is 1. The highest BCUT2D eigenvalue weighted by Gasteiger charge is 2.40. The molecule has 3 N–H and O–H groups in total. The molecule has 4 fully saturated rings. The Bertz CT molecular complexity index is 2490. The molecule has 4 aromatic heterocycles. The number of piperidine rings is 3. The zero-order valence-electron chi connectivity index (χ0n) is 34.3. The number of amides is 2. The molecule has 7 heterocycles. The van der Waals surface area contributed by atoms with Gasteiger partial charge in [0.2, 0.25) is 11.8 Å². The Kier molecular flexibility index (Phi) is 11.0. The Hall–Kier alpha value is -6.21. The van der Waals surface area contributed by atoms with Gasteiger partial charge >= 0.3 is 5.97 Å². The monoisotopic (exact) mass is 827 g/mol. The second-order valence-corrected chi connectivity index (χ2v) is 17.1. The van der Waals surface area contributed by atoms with E-state index in [1.165, 1.54) is 6.07 Å². The Morgan fingerprint density at radius 1 is 0.951 bits per heavy atom. The van der Waals surface area contributed by atoms with Gasteiger partial charge in [-0.1, -0.05) is 13.0 Å². The fourth-order valence-electron chi connectivity index (χ4n) is 9.95. The Morgan fingerprint density at radius 3 is 2.39 bits per heavy atom. The molecule has 16 heteroatoms. The summed E-state index contributed by atoms with van der Waals surface area (Å²) >= 11 is 0. The number of hydrogen-bond donors (Lipinski definition) is 3. The first kappa shape index (κ1) is 40.2. The molecule has 1 aliphatic carbocycles. The molecule has 4 aliphatic rings. The molecule has 3 saturated heterocycles. The molecule has 0 spiro atoms. The lowest BCUT2D eigenvalue weighted by molar-refractivity contribution is -0.150. The number of benzene rings is 1. The van der Waals surface area contributed by atoms with Crippen molar-refractivity contribution in [2.45, 2.75) is 102 Å². The van der Waals surface area contributed by atoms with Crippen LogP contribution in [0.2, 0.25) is 0 Å². The summed E-state index contributed by atoms with van der Waals surface area (Å²) in [5, 5.41) is 34.5. The van der Waals surface area contributed by atoms with Crippen LogP contribution in [0.3, 0.4) is 0 Å². The molecule has 1 saturated carbocycles. The minimum atomic E-state index is -0.728. The second-order valence-electron chi connectivity index (χ2n) is 17.1.